The predicted molar refractivity (Wildman–Crippen MR) is 111 cm³/mol. The molecule has 0 atom stereocenters. The van der Waals surface area contributed by atoms with Gasteiger partial charge < -0.3 is 14.5 Å². The van der Waals surface area contributed by atoms with Gasteiger partial charge in [-0.25, -0.2) is 0 Å². The highest BCUT2D eigenvalue weighted by Gasteiger charge is 2.41. The third kappa shape index (κ3) is 3.76. The number of imide groups is 1. The van der Waals surface area contributed by atoms with Crippen molar-refractivity contribution in [2.45, 2.75) is 6.54 Å². The Kier molecular flexibility index (Phi) is 5.36. The number of ether oxygens (including phenoxy) is 1. The summed E-state index contributed by atoms with van der Waals surface area (Å²) < 4.78 is 5.20. The highest BCUT2D eigenvalue weighted by Crippen LogP contribution is 2.33. The van der Waals surface area contributed by atoms with Crippen molar-refractivity contribution in [3.05, 3.63) is 71.4 Å². The summed E-state index contributed by atoms with van der Waals surface area (Å²) in [7, 11) is 3.68. The van der Waals surface area contributed by atoms with Crippen molar-refractivity contribution in [2.24, 2.45) is 0 Å². The molecular formula is C23H25N3O3. The Morgan fingerprint density at radius 3 is 2.14 bits per heavy atom. The lowest BCUT2D eigenvalue weighted by atomic mass is 10.0. The normalized spacial score (nSPS) is 18.0. The lowest BCUT2D eigenvalue weighted by Crippen LogP contribution is -2.46. The fraction of sp³-hybridized carbons (Fsp3) is 0.304. The average Bonchev–Trinajstić information content (AvgIpc) is 3.00. The van der Waals surface area contributed by atoms with Crippen molar-refractivity contribution in [2.75, 3.05) is 40.3 Å². The first-order valence-corrected chi connectivity index (χ1v) is 9.81. The van der Waals surface area contributed by atoms with Crippen LogP contribution in [0.3, 0.4) is 0 Å². The van der Waals surface area contributed by atoms with Gasteiger partial charge in [-0.2, -0.15) is 0 Å². The molecule has 0 bridgehead atoms. The summed E-state index contributed by atoms with van der Waals surface area (Å²) in [6, 6.07) is 16.9. The van der Waals surface area contributed by atoms with Crippen molar-refractivity contribution in [3.8, 4) is 5.75 Å². The van der Waals surface area contributed by atoms with Crippen LogP contribution >= 0.6 is 0 Å². The molecule has 6 heteroatoms. The highest BCUT2D eigenvalue weighted by atomic mass is 16.5. The van der Waals surface area contributed by atoms with E-state index in [1.54, 1.807) is 7.11 Å². The molecule has 29 heavy (non-hydrogen) atoms. The Hall–Kier alpha value is -3.12. The van der Waals surface area contributed by atoms with Crippen molar-refractivity contribution in [1.29, 1.82) is 0 Å². The number of methoxy groups -OCH3 is 1. The summed E-state index contributed by atoms with van der Waals surface area (Å²) in [4.78, 5) is 32.4. The average molecular weight is 391 g/mol. The largest absolute Gasteiger partial charge is 0.497 e. The van der Waals surface area contributed by atoms with E-state index >= 15 is 0 Å². The van der Waals surface area contributed by atoms with Crippen molar-refractivity contribution >= 4 is 17.4 Å². The lowest BCUT2D eigenvalue weighted by molar-refractivity contribution is -0.138. The van der Waals surface area contributed by atoms with E-state index in [1.165, 1.54) is 4.90 Å². The zero-order valence-corrected chi connectivity index (χ0v) is 16.8. The van der Waals surface area contributed by atoms with Crippen LogP contribution in [-0.2, 0) is 16.1 Å². The summed E-state index contributed by atoms with van der Waals surface area (Å²) in [5.41, 5.74) is 2.72. The van der Waals surface area contributed by atoms with Crippen LogP contribution < -0.4 is 4.74 Å². The third-order valence-corrected chi connectivity index (χ3v) is 5.53. The number of carbonyl (C=O) groups excluding carboxylic acids is 2. The number of hydrogen-bond donors (Lipinski definition) is 0. The van der Waals surface area contributed by atoms with Gasteiger partial charge in [0.1, 0.15) is 11.4 Å². The van der Waals surface area contributed by atoms with Crippen LogP contribution in [0.2, 0.25) is 0 Å². The Morgan fingerprint density at radius 1 is 0.862 bits per heavy atom. The predicted octanol–water partition coefficient (Wildman–Crippen LogP) is 2.22. The Labute approximate surface area is 171 Å². The van der Waals surface area contributed by atoms with Gasteiger partial charge in [-0.1, -0.05) is 42.5 Å². The minimum atomic E-state index is -0.231. The number of amides is 2. The van der Waals surface area contributed by atoms with E-state index in [0.717, 1.165) is 43.1 Å². The minimum absolute atomic E-state index is 0.214. The van der Waals surface area contributed by atoms with Crippen LogP contribution in [0.25, 0.3) is 5.57 Å². The van der Waals surface area contributed by atoms with E-state index in [-0.39, 0.29) is 18.4 Å². The fourth-order valence-corrected chi connectivity index (χ4v) is 3.81. The molecule has 2 aromatic rings. The van der Waals surface area contributed by atoms with Crippen LogP contribution in [0.15, 0.2) is 60.3 Å². The molecule has 4 rings (SSSR count). The zero-order valence-electron chi connectivity index (χ0n) is 16.8. The molecule has 0 N–H and O–H groups in total. The molecule has 2 amide bonds. The summed E-state index contributed by atoms with van der Waals surface area (Å²) in [6.45, 7) is 3.45. The molecule has 0 saturated carbocycles. The fourth-order valence-electron chi connectivity index (χ4n) is 3.81. The van der Waals surface area contributed by atoms with Crippen LogP contribution in [-0.4, -0.2) is 66.9 Å². The molecule has 2 aromatic carbocycles. The summed E-state index contributed by atoms with van der Waals surface area (Å²) >= 11 is 0. The van der Waals surface area contributed by atoms with Crippen LogP contribution in [0.5, 0.6) is 5.75 Å². The van der Waals surface area contributed by atoms with Crippen LogP contribution in [0, 0.1) is 0 Å². The quantitative estimate of drug-likeness (QED) is 0.732. The molecule has 1 saturated heterocycles. The van der Waals surface area contributed by atoms with Gasteiger partial charge in [0.15, 0.2) is 0 Å². The molecule has 0 aliphatic carbocycles. The number of rotatable bonds is 5. The smallest absolute Gasteiger partial charge is 0.278 e. The highest BCUT2D eigenvalue weighted by molar-refractivity contribution is 6.35. The van der Waals surface area contributed by atoms with Crippen LogP contribution in [0.1, 0.15) is 11.1 Å². The molecule has 0 unspecified atom stereocenters. The van der Waals surface area contributed by atoms with Crippen LogP contribution in [0.4, 0.5) is 0 Å². The van der Waals surface area contributed by atoms with Gasteiger partial charge in [-0.3, -0.25) is 14.5 Å². The molecular weight excluding hydrogens is 366 g/mol. The van der Waals surface area contributed by atoms with Gasteiger partial charge in [0.05, 0.1) is 19.2 Å². The maximum Gasteiger partial charge on any atom is 0.278 e. The molecule has 2 aliphatic rings. The molecule has 0 spiro atoms. The molecule has 2 heterocycles. The summed E-state index contributed by atoms with van der Waals surface area (Å²) in [5.74, 6) is 0.300. The van der Waals surface area contributed by atoms with Gasteiger partial charge in [0.2, 0.25) is 0 Å². The number of carbonyl (C=O) groups is 2. The monoisotopic (exact) mass is 391 g/mol. The molecule has 2 aliphatic heterocycles. The van der Waals surface area contributed by atoms with Crippen molar-refractivity contribution in [3.63, 3.8) is 0 Å². The van der Waals surface area contributed by atoms with E-state index < -0.39 is 0 Å². The second-order valence-electron chi connectivity index (χ2n) is 7.42. The number of hydrogen-bond acceptors (Lipinski definition) is 5. The lowest BCUT2D eigenvalue weighted by Gasteiger charge is -2.34. The van der Waals surface area contributed by atoms with Gasteiger partial charge in [-0.05, 0) is 30.3 Å². The number of nitrogens with zero attached hydrogens (tertiary/aromatic N) is 3. The van der Waals surface area contributed by atoms with Gasteiger partial charge >= 0.3 is 0 Å². The first-order valence-electron chi connectivity index (χ1n) is 9.81. The minimum Gasteiger partial charge on any atom is -0.497 e. The molecule has 0 radical (unpaired) electrons. The van der Waals surface area contributed by atoms with Gasteiger partial charge in [0, 0.05) is 26.2 Å². The first-order chi connectivity index (χ1) is 14.1. The molecule has 1 fully saturated rings. The number of benzene rings is 2. The van der Waals surface area contributed by atoms with E-state index in [1.807, 2.05) is 54.6 Å². The first kappa shape index (κ1) is 19.2. The van der Waals surface area contributed by atoms with Gasteiger partial charge in [-0.15, -0.1) is 0 Å². The van der Waals surface area contributed by atoms with E-state index in [2.05, 4.69) is 16.8 Å². The molecule has 0 aromatic heterocycles. The SMILES string of the molecule is COc1ccc(CN2C(=O)C(c3ccccc3)=C(N3CCN(C)CC3)C2=O)cc1. The standard InChI is InChI=1S/C23H25N3O3/c1-24-12-14-25(15-13-24)21-20(18-6-4-3-5-7-18)22(27)26(23(21)28)16-17-8-10-19(29-2)11-9-17/h3-11H,12-16H2,1-2H3. The molecule has 6 nitrogen and oxygen atoms in total. The third-order valence-electron chi connectivity index (χ3n) is 5.53. The summed E-state index contributed by atoms with van der Waals surface area (Å²) in [6.07, 6.45) is 0. The Balaban J connectivity index is 1.67. The second-order valence-corrected chi connectivity index (χ2v) is 7.42. The zero-order chi connectivity index (χ0) is 20.4. The Morgan fingerprint density at radius 2 is 1.52 bits per heavy atom. The maximum atomic E-state index is 13.4. The molecule has 150 valence electrons. The van der Waals surface area contributed by atoms with Crippen molar-refractivity contribution < 1.29 is 14.3 Å². The Bertz CT molecular complexity index is 930. The summed E-state index contributed by atoms with van der Waals surface area (Å²) in [5, 5.41) is 0. The van der Waals surface area contributed by atoms with E-state index in [0.29, 0.717) is 11.3 Å². The van der Waals surface area contributed by atoms with Crippen molar-refractivity contribution in [1.82, 2.24) is 14.7 Å². The van der Waals surface area contributed by atoms with E-state index in [9.17, 15) is 9.59 Å². The number of piperazine rings is 1. The van der Waals surface area contributed by atoms with E-state index in [4.69, 9.17) is 4.74 Å². The topological polar surface area (TPSA) is 53.1 Å². The second kappa shape index (κ2) is 8.09. The number of likely N-dealkylation sites (N-methyl/N-ethyl adjacent to an activating group) is 1. The van der Waals surface area contributed by atoms with Gasteiger partial charge in [0.25, 0.3) is 11.8 Å². The maximum absolute atomic E-state index is 13.4.